The van der Waals surface area contributed by atoms with Crippen LogP contribution in [0.5, 0.6) is 0 Å². The van der Waals surface area contributed by atoms with Gasteiger partial charge in [0.2, 0.25) is 0 Å². The molecule has 5 nitrogen and oxygen atoms in total. The van der Waals surface area contributed by atoms with Crippen LogP contribution >= 0.6 is 0 Å². The number of piperidine rings is 1. The summed E-state index contributed by atoms with van der Waals surface area (Å²) in [6.45, 7) is 1.93. The average Bonchev–Trinajstić information content (AvgIpc) is 2.75. The maximum absolute atomic E-state index is 5.61. The van der Waals surface area contributed by atoms with E-state index in [1.807, 2.05) is 18.3 Å². The van der Waals surface area contributed by atoms with Gasteiger partial charge in [-0.1, -0.05) is 0 Å². The first kappa shape index (κ1) is 8.52. The highest BCUT2D eigenvalue weighted by molar-refractivity contribution is 5.48. The maximum atomic E-state index is 5.61. The predicted molar refractivity (Wildman–Crippen MR) is 58.5 cm³/mol. The fraction of sp³-hybridized carbons (Fsp3) is 0.455. The lowest BCUT2D eigenvalue weighted by Crippen LogP contribution is -2.57. The molecule has 3 aliphatic rings. The lowest BCUT2D eigenvalue weighted by atomic mass is 9.99. The molecular weight excluding hydrogens is 204 g/mol. The van der Waals surface area contributed by atoms with Gasteiger partial charge in [-0.2, -0.15) is 5.10 Å². The Morgan fingerprint density at radius 2 is 2.06 bits per heavy atom. The standard InChI is InChI=1S/C11H12N4O/c1-3-12-15-4-2-10(13-11(1)15)14-6-8-5-9(7-14)16-8/h1-4,8-9H,5-7H2. The molecule has 3 aliphatic heterocycles. The third kappa shape index (κ3) is 1.15. The van der Waals surface area contributed by atoms with Crippen LogP contribution in [0.2, 0.25) is 0 Å². The first-order valence-electron chi connectivity index (χ1n) is 5.59. The molecule has 0 radical (unpaired) electrons. The molecule has 5 heteroatoms. The quantitative estimate of drug-likeness (QED) is 0.704. The number of fused-ring (bicyclic) bond motifs is 3. The van der Waals surface area contributed by atoms with Crippen LogP contribution in [0.1, 0.15) is 6.42 Å². The van der Waals surface area contributed by atoms with Gasteiger partial charge in [-0.05, 0) is 6.07 Å². The van der Waals surface area contributed by atoms with Crippen LogP contribution in [-0.2, 0) is 4.74 Å². The molecule has 3 saturated heterocycles. The van der Waals surface area contributed by atoms with Crippen molar-refractivity contribution in [2.45, 2.75) is 18.6 Å². The van der Waals surface area contributed by atoms with E-state index < -0.39 is 0 Å². The van der Waals surface area contributed by atoms with Gasteiger partial charge in [0, 0.05) is 31.8 Å². The molecule has 0 aromatic carbocycles. The second-order valence-corrected chi connectivity index (χ2v) is 4.44. The average molecular weight is 216 g/mol. The van der Waals surface area contributed by atoms with Crippen LogP contribution in [0.25, 0.3) is 5.65 Å². The van der Waals surface area contributed by atoms with Crippen LogP contribution in [-0.4, -0.2) is 39.9 Å². The molecule has 2 bridgehead atoms. The first-order chi connectivity index (χ1) is 7.88. The van der Waals surface area contributed by atoms with Crippen LogP contribution in [0, 0.1) is 0 Å². The van der Waals surface area contributed by atoms with Crippen molar-refractivity contribution in [2.24, 2.45) is 0 Å². The second kappa shape index (κ2) is 2.95. The van der Waals surface area contributed by atoms with Crippen molar-refractivity contribution in [3.63, 3.8) is 0 Å². The Kier molecular flexibility index (Phi) is 1.57. The molecular formula is C11H12N4O. The molecule has 0 spiro atoms. The summed E-state index contributed by atoms with van der Waals surface area (Å²) in [4.78, 5) is 6.89. The number of aromatic nitrogens is 3. The Morgan fingerprint density at radius 3 is 2.88 bits per heavy atom. The van der Waals surface area contributed by atoms with Gasteiger partial charge in [-0.3, -0.25) is 0 Å². The minimum Gasteiger partial charge on any atom is -0.371 e. The van der Waals surface area contributed by atoms with Gasteiger partial charge in [-0.25, -0.2) is 9.50 Å². The zero-order valence-corrected chi connectivity index (χ0v) is 8.78. The molecule has 2 aromatic heterocycles. The van der Waals surface area contributed by atoms with Gasteiger partial charge < -0.3 is 9.64 Å². The lowest BCUT2D eigenvalue weighted by molar-refractivity contribution is -0.133. The summed E-state index contributed by atoms with van der Waals surface area (Å²) in [5.41, 5.74) is 0.901. The van der Waals surface area contributed by atoms with Gasteiger partial charge in [0.05, 0.1) is 18.4 Å². The van der Waals surface area contributed by atoms with Gasteiger partial charge in [0.1, 0.15) is 5.82 Å². The third-order valence-corrected chi connectivity index (χ3v) is 3.33. The van der Waals surface area contributed by atoms with Crippen molar-refractivity contribution in [3.8, 4) is 0 Å². The maximum Gasteiger partial charge on any atom is 0.157 e. The fourth-order valence-electron chi connectivity index (χ4n) is 2.52. The predicted octanol–water partition coefficient (Wildman–Crippen LogP) is 0.707. The third-order valence-electron chi connectivity index (χ3n) is 3.33. The van der Waals surface area contributed by atoms with E-state index in [0.29, 0.717) is 12.2 Å². The summed E-state index contributed by atoms with van der Waals surface area (Å²) >= 11 is 0. The summed E-state index contributed by atoms with van der Waals surface area (Å²) in [5, 5.41) is 4.14. The normalized spacial score (nSPS) is 28.1. The minimum absolute atomic E-state index is 0.418. The Morgan fingerprint density at radius 1 is 1.25 bits per heavy atom. The number of anilines is 1. The van der Waals surface area contributed by atoms with Gasteiger partial charge in [-0.15, -0.1) is 0 Å². The summed E-state index contributed by atoms with van der Waals surface area (Å²) in [5.74, 6) is 1.03. The largest absolute Gasteiger partial charge is 0.371 e. The monoisotopic (exact) mass is 216 g/mol. The van der Waals surface area contributed by atoms with E-state index in [4.69, 9.17) is 4.74 Å². The van der Waals surface area contributed by atoms with Crippen molar-refractivity contribution in [1.82, 2.24) is 14.6 Å². The molecule has 16 heavy (non-hydrogen) atoms. The van der Waals surface area contributed by atoms with E-state index in [1.54, 1.807) is 10.7 Å². The number of nitrogens with zero attached hydrogens (tertiary/aromatic N) is 4. The molecule has 0 N–H and O–H groups in total. The molecule has 5 heterocycles. The highest BCUT2D eigenvalue weighted by Gasteiger charge is 2.38. The van der Waals surface area contributed by atoms with Crippen LogP contribution < -0.4 is 4.90 Å². The van der Waals surface area contributed by atoms with Crippen molar-refractivity contribution in [3.05, 3.63) is 24.5 Å². The number of hydrogen-bond donors (Lipinski definition) is 0. The van der Waals surface area contributed by atoms with E-state index in [0.717, 1.165) is 24.6 Å². The summed E-state index contributed by atoms with van der Waals surface area (Å²) in [7, 11) is 0. The first-order valence-corrected chi connectivity index (χ1v) is 5.59. The number of hydrogen-bond acceptors (Lipinski definition) is 4. The van der Waals surface area contributed by atoms with E-state index >= 15 is 0 Å². The molecule has 5 rings (SSSR count). The lowest BCUT2D eigenvalue weighted by Gasteiger charge is -2.47. The Bertz CT molecular complexity index is 522. The van der Waals surface area contributed by atoms with Crippen LogP contribution in [0.3, 0.4) is 0 Å². The molecule has 3 fully saturated rings. The van der Waals surface area contributed by atoms with Crippen molar-refractivity contribution in [2.75, 3.05) is 18.0 Å². The number of rotatable bonds is 1. The minimum atomic E-state index is 0.418. The SMILES string of the molecule is c1cc2nc(N3CC4CC(C3)O4)ccn2n1. The van der Waals surface area contributed by atoms with Crippen molar-refractivity contribution < 1.29 is 4.74 Å². The molecule has 0 saturated carbocycles. The van der Waals surface area contributed by atoms with E-state index in [9.17, 15) is 0 Å². The fourth-order valence-corrected chi connectivity index (χ4v) is 2.52. The van der Waals surface area contributed by atoms with E-state index in [1.165, 1.54) is 6.42 Å². The zero-order valence-electron chi connectivity index (χ0n) is 8.78. The molecule has 0 amide bonds. The number of ether oxygens (including phenoxy) is 1. The van der Waals surface area contributed by atoms with Crippen molar-refractivity contribution >= 4 is 11.5 Å². The topological polar surface area (TPSA) is 42.7 Å². The van der Waals surface area contributed by atoms with E-state index in [-0.39, 0.29) is 0 Å². The molecule has 2 unspecified atom stereocenters. The molecule has 82 valence electrons. The second-order valence-electron chi connectivity index (χ2n) is 4.44. The summed E-state index contributed by atoms with van der Waals surface area (Å²) in [6.07, 6.45) is 5.77. The van der Waals surface area contributed by atoms with Crippen LogP contribution in [0.15, 0.2) is 24.5 Å². The molecule has 2 atom stereocenters. The number of morpholine rings is 1. The summed E-state index contributed by atoms with van der Waals surface area (Å²) < 4.78 is 7.39. The Balaban J connectivity index is 1.70. The Labute approximate surface area is 92.6 Å². The molecule has 0 aliphatic carbocycles. The summed E-state index contributed by atoms with van der Waals surface area (Å²) in [6, 6.07) is 3.94. The molecule has 2 aromatic rings. The van der Waals surface area contributed by atoms with Crippen molar-refractivity contribution in [1.29, 1.82) is 0 Å². The highest BCUT2D eigenvalue weighted by atomic mass is 16.5. The van der Waals surface area contributed by atoms with Crippen LogP contribution in [0.4, 0.5) is 5.82 Å². The smallest absolute Gasteiger partial charge is 0.157 e. The van der Waals surface area contributed by atoms with Gasteiger partial charge >= 0.3 is 0 Å². The van der Waals surface area contributed by atoms with Gasteiger partial charge in [0.25, 0.3) is 0 Å². The van der Waals surface area contributed by atoms with Gasteiger partial charge in [0.15, 0.2) is 5.65 Å². The zero-order chi connectivity index (χ0) is 10.5. The Hall–Kier alpha value is -1.62. The highest BCUT2D eigenvalue weighted by Crippen LogP contribution is 2.30. The van der Waals surface area contributed by atoms with E-state index in [2.05, 4.69) is 15.0 Å².